The van der Waals surface area contributed by atoms with Gasteiger partial charge in [0.2, 0.25) is 0 Å². The van der Waals surface area contributed by atoms with E-state index in [4.69, 9.17) is 9.47 Å². The molecule has 0 bridgehead atoms. The van der Waals surface area contributed by atoms with Crippen molar-refractivity contribution in [3.8, 4) is 5.75 Å². The average molecular weight is 289 g/mol. The summed E-state index contributed by atoms with van der Waals surface area (Å²) in [5, 5.41) is 0. The Kier molecular flexibility index (Phi) is 3.82. The molecule has 0 aromatic heterocycles. The lowest BCUT2D eigenvalue weighted by atomic mass is 10.2. The van der Waals surface area contributed by atoms with E-state index >= 15 is 0 Å². The fourth-order valence-electron chi connectivity index (χ4n) is 1.78. The van der Waals surface area contributed by atoms with E-state index in [0.29, 0.717) is 12.7 Å². The topological polar surface area (TPSA) is 18.5 Å². The number of hydrogen-bond acceptors (Lipinski definition) is 2. The van der Waals surface area contributed by atoms with Crippen LogP contribution in [0, 0.1) is 5.82 Å². The minimum Gasteiger partial charge on any atom is -0.488 e. The number of halogens is 2. The van der Waals surface area contributed by atoms with Crippen LogP contribution < -0.4 is 4.74 Å². The second-order valence-electron chi connectivity index (χ2n) is 4.03. The summed E-state index contributed by atoms with van der Waals surface area (Å²) in [6.45, 7) is 2.46. The molecule has 2 unspecified atom stereocenters. The smallest absolute Gasteiger partial charge is 0.165 e. The van der Waals surface area contributed by atoms with Gasteiger partial charge in [-0.3, -0.25) is 0 Å². The van der Waals surface area contributed by atoms with Crippen LogP contribution in [-0.4, -0.2) is 18.8 Å². The first-order chi connectivity index (χ1) is 7.65. The van der Waals surface area contributed by atoms with Gasteiger partial charge in [-0.2, -0.15) is 0 Å². The van der Waals surface area contributed by atoms with Gasteiger partial charge in [0.1, 0.15) is 6.61 Å². The Labute approximate surface area is 103 Å². The molecule has 2 atom stereocenters. The van der Waals surface area contributed by atoms with E-state index in [1.165, 1.54) is 6.07 Å². The molecule has 0 N–H and O–H groups in total. The molecule has 0 aliphatic carbocycles. The van der Waals surface area contributed by atoms with Crippen molar-refractivity contribution < 1.29 is 13.9 Å². The fourth-order valence-corrected chi connectivity index (χ4v) is 2.12. The van der Waals surface area contributed by atoms with Crippen molar-refractivity contribution in [3.05, 3.63) is 28.5 Å². The van der Waals surface area contributed by atoms with Crippen LogP contribution in [0.3, 0.4) is 0 Å². The fraction of sp³-hybridized carbons (Fsp3) is 0.500. The molecule has 1 fully saturated rings. The summed E-state index contributed by atoms with van der Waals surface area (Å²) in [6, 6.07) is 4.67. The van der Waals surface area contributed by atoms with Crippen molar-refractivity contribution in [1.29, 1.82) is 0 Å². The van der Waals surface area contributed by atoms with E-state index in [1.54, 1.807) is 12.1 Å². The summed E-state index contributed by atoms with van der Waals surface area (Å²) in [5.41, 5.74) is 0. The van der Waals surface area contributed by atoms with Crippen molar-refractivity contribution in [2.24, 2.45) is 0 Å². The molecule has 0 radical (unpaired) electrons. The largest absolute Gasteiger partial charge is 0.488 e. The lowest BCUT2D eigenvalue weighted by molar-refractivity contribution is 0.0256. The van der Waals surface area contributed by atoms with Crippen LogP contribution in [0.25, 0.3) is 0 Å². The molecule has 1 heterocycles. The van der Waals surface area contributed by atoms with E-state index < -0.39 is 0 Å². The molecule has 88 valence electrons. The Hall–Kier alpha value is -0.610. The maximum absolute atomic E-state index is 13.3. The van der Waals surface area contributed by atoms with Crippen molar-refractivity contribution in [1.82, 2.24) is 0 Å². The second-order valence-corrected chi connectivity index (χ2v) is 4.95. The maximum Gasteiger partial charge on any atom is 0.165 e. The highest BCUT2D eigenvalue weighted by Gasteiger charge is 2.22. The molecular formula is C12H14BrFO2. The third-order valence-electron chi connectivity index (χ3n) is 2.64. The summed E-state index contributed by atoms with van der Waals surface area (Å²) >= 11 is 3.28. The van der Waals surface area contributed by atoms with Gasteiger partial charge in [-0.25, -0.2) is 4.39 Å². The van der Waals surface area contributed by atoms with E-state index in [0.717, 1.165) is 17.3 Å². The zero-order valence-electron chi connectivity index (χ0n) is 9.08. The molecule has 1 aliphatic heterocycles. The van der Waals surface area contributed by atoms with Crippen molar-refractivity contribution in [2.75, 3.05) is 6.61 Å². The zero-order valence-corrected chi connectivity index (χ0v) is 10.7. The number of benzene rings is 1. The van der Waals surface area contributed by atoms with Crippen LogP contribution in [0.15, 0.2) is 22.7 Å². The molecule has 1 aromatic carbocycles. The lowest BCUT2D eigenvalue weighted by Crippen LogP contribution is -2.18. The minimum atomic E-state index is -0.339. The van der Waals surface area contributed by atoms with Crippen LogP contribution in [0.1, 0.15) is 19.8 Å². The molecule has 2 rings (SSSR count). The highest BCUT2D eigenvalue weighted by molar-refractivity contribution is 9.10. The first-order valence-electron chi connectivity index (χ1n) is 5.38. The minimum absolute atomic E-state index is 0.0911. The van der Waals surface area contributed by atoms with Gasteiger partial charge < -0.3 is 9.47 Å². The summed E-state index contributed by atoms with van der Waals surface area (Å²) in [6.07, 6.45) is 2.42. The van der Waals surface area contributed by atoms with Gasteiger partial charge in [0.15, 0.2) is 11.6 Å². The molecule has 0 amide bonds. The Balaban J connectivity index is 1.91. The summed E-state index contributed by atoms with van der Waals surface area (Å²) in [4.78, 5) is 0. The first kappa shape index (κ1) is 11.9. The van der Waals surface area contributed by atoms with Crippen LogP contribution >= 0.6 is 15.9 Å². The normalized spacial score (nSPS) is 24.7. The monoisotopic (exact) mass is 288 g/mol. The van der Waals surface area contributed by atoms with E-state index in [1.807, 2.05) is 6.92 Å². The first-order valence-corrected chi connectivity index (χ1v) is 6.18. The SMILES string of the molecule is CC1CCC(COc2cc(Br)ccc2F)O1. The van der Waals surface area contributed by atoms with Crippen LogP contribution in [0.5, 0.6) is 5.75 Å². The number of rotatable bonds is 3. The van der Waals surface area contributed by atoms with Gasteiger partial charge in [0, 0.05) is 4.47 Å². The molecule has 2 nitrogen and oxygen atoms in total. The molecule has 1 aliphatic rings. The van der Waals surface area contributed by atoms with Gasteiger partial charge in [0.05, 0.1) is 12.2 Å². The Morgan fingerprint density at radius 3 is 3.00 bits per heavy atom. The highest BCUT2D eigenvalue weighted by atomic mass is 79.9. The zero-order chi connectivity index (χ0) is 11.5. The van der Waals surface area contributed by atoms with E-state index in [9.17, 15) is 4.39 Å². The Bertz CT molecular complexity index is 370. The molecule has 1 saturated heterocycles. The summed E-state index contributed by atoms with van der Waals surface area (Å²) in [5.74, 6) is -0.0632. The third kappa shape index (κ3) is 2.95. The van der Waals surface area contributed by atoms with Crippen LogP contribution in [0.4, 0.5) is 4.39 Å². The number of hydrogen-bond donors (Lipinski definition) is 0. The van der Waals surface area contributed by atoms with Gasteiger partial charge in [-0.05, 0) is 38.0 Å². The molecule has 16 heavy (non-hydrogen) atoms. The van der Waals surface area contributed by atoms with Crippen molar-refractivity contribution in [3.63, 3.8) is 0 Å². The second kappa shape index (κ2) is 5.15. The lowest BCUT2D eigenvalue weighted by Gasteiger charge is -2.13. The third-order valence-corrected chi connectivity index (χ3v) is 3.13. The number of ether oxygens (including phenoxy) is 2. The van der Waals surface area contributed by atoms with Crippen LogP contribution in [-0.2, 0) is 4.74 Å². The van der Waals surface area contributed by atoms with E-state index in [2.05, 4.69) is 15.9 Å². The van der Waals surface area contributed by atoms with E-state index in [-0.39, 0.29) is 17.7 Å². The highest BCUT2D eigenvalue weighted by Crippen LogP contribution is 2.24. The van der Waals surface area contributed by atoms with Gasteiger partial charge in [0.25, 0.3) is 0 Å². The van der Waals surface area contributed by atoms with Crippen LogP contribution in [0.2, 0.25) is 0 Å². The summed E-state index contributed by atoms with van der Waals surface area (Å²) in [7, 11) is 0. The van der Waals surface area contributed by atoms with Gasteiger partial charge in [-0.1, -0.05) is 15.9 Å². The summed E-state index contributed by atoms with van der Waals surface area (Å²) < 4.78 is 25.2. The van der Waals surface area contributed by atoms with Gasteiger partial charge >= 0.3 is 0 Å². The van der Waals surface area contributed by atoms with Crippen molar-refractivity contribution in [2.45, 2.75) is 32.0 Å². The quantitative estimate of drug-likeness (QED) is 0.847. The molecule has 1 aromatic rings. The molecule has 0 spiro atoms. The molecular weight excluding hydrogens is 275 g/mol. The predicted octanol–water partition coefficient (Wildman–Crippen LogP) is 3.53. The predicted molar refractivity (Wildman–Crippen MR) is 63.2 cm³/mol. The Morgan fingerprint density at radius 1 is 1.50 bits per heavy atom. The molecule has 0 saturated carbocycles. The average Bonchev–Trinajstić information content (AvgIpc) is 2.66. The molecule has 4 heteroatoms. The standard InChI is InChI=1S/C12H14BrFO2/c1-8-2-4-10(16-8)7-15-12-6-9(13)3-5-11(12)14/h3,5-6,8,10H,2,4,7H2,1H3. The van der Waals surface area contributed by atoms with Gasteiger partial charge in [-0.15, -0.1) is 0 Å². The Morgan fingerprint density at radius 2 is 2.31 bits per heavy atom. The van der Waals surface area contributed by atoms with Crippen molar-refractivity contribution >= 4 is 15.9 Å². The maximum atomic E-state index is 13.3.